The third-order valence-electron chi connectivity index (χ3n) is 2.43. The van der Waals surface area contributed by atoms with Gasteiger partial charge < -0.3 is 14.0 Å². The number of ether oxygens (including phenoxy) is 2. The van der Waals surface area contributed by atoms with E-state index in [1.54, 1.807) is 13.3 Å². The number of carbonyl (C=O) groups excluding carboxylic acids is 1. The van der Waals surface area contributed by atoms with E-state index in [0.29, 0.717) is 5.69 Å². The molecule has 16 heavy (non-hydrogen) atoms. The van der Waals surface area contributed by atoms with Gasteiger partial charge in [0.05, 0.1) is 13.3 Å². The number of aromatic nitrogens is 2. The van der Waals surface area contributed by atoms with Gasteiger partial charge in [0.2, 0.25) is 0 Å². The molecule has 0 N–H and O–H groups in total. The Balaban J connectivity index is 2.63. The minimum absolute atomic E-state index is 0.340. The highest BCUT2D eigenvalue weighted by atomic mass is 16.5. The third-order valence-corrected chi connectivity index (χ3v) is 2.43. The normalized spacial score (nSPS) is 10.4. The molecule has 0 aliphatic heterocycles. The maximum absolute atomic E-state index is 11.4. The molecule has 1 heterocycles. The average Bonchev–Trinajstić information content (AvgIpc) is 2.65. The monoisotopic (exact) mass is 226 g/mol. The molecule has 1 aromatic rings. The topological polar surface area (TPSA) is 53.4 Å². The van der Waals surface area contributed by atoms with Crippen molar-refractivity contribution in [3.05, 3.63) is 17.7 Å². The lowest BCUT2D eigenvalue weighted by Gasteiger charge is -2.08. The largest absolute Gasteiger partial charge is 0.464 e. The predicted molar refractivity (Wildman–Crippen MR) is 59.4 cm³/mol. The standard InChI is InChI=1S/C11H18N2O3/c1-9-12-8-10(11(14)16-3)13(9)6-4-5-7-15-2/h8H,4-7H2,1-3H3. The van der Waals surface area contributed by atoms with Crippen LogP contribution in [0.1, 0.15) is 29.2 Å². The Morgan fingerprint density at radius 2 is 2.19 bits per heavy atom. The number of rotatable bonds is 6. The summed E-state index contributed by atoms with van der Waals surface area (Å²) >= 11 is 0. The van der Waals surface area contributed by atoms with Crippen LogP contribution < -0.4 is 0 Å². The van der Waals surface area contributed by atoms with Gasteiger partial charge in [-0.05, 0) is 19.8 Å². The van der Waals surface area contributed by atoms with Gasteiger partial charge in [-0.25, -0.2) is 9.78 Å². The number of unbranched alkanes of at least 4 members (excludes halogenated alkanes) is 1. The molecule has 0 amide bonds. The molecule has 0 aromatic carbocycles. The van der Waals surface area contributed by atoms with Crippen LogP contribution in [0.4, 0.5) is 0 Å². The van der Waals surface area contributed by atoms with Crippen LogP contribution in [0.15, 0.2) is 6.20 Å². The van der Waals surface area contributed by atoms with Gasteiger partial charge in [-0.3, -0.25) is 0 Å². The SMILES string of the molecule is COCCCCn1c(C(=O)OC)cnc1C. The van der Waals surface area contributed by atoms with Gasteiger partial charge in [-0.1, -0.05) is 0 Å². The number of nitrogens with zero attached hydrogens (tertiary/aromatic N) is 2. The molecule has 0 aliphatic rings. The van der Waals surface area contributed by atoms with Gasteiger partial charge in [-0.2, -0.15) is 0 Å². The lowest BCUT2D eigenvalue weighted by molar-refractivity contribution is 0.0587. The minimum atomic E-state index is -0.340. The molecule has 0 saturated heterocycles. The molecular formula is C11H18N2O3. The zero-order valence-electron chi connectivity index (χ0n) is 10.0. The number of hydrogen-bond acceptors (Lipinski definition) is 4. The van der Waals surface area contributed by atoms with Crippen LogP contribution in [0, 0.1) is 6.92 Å². The summed E-state index contributed by atoms with van der Waals surface area (Å²) in [7, 11) is 3.06. The van der Waals surface area contributed by atoms with Gasteiger partial charge in [0, 0.05) is 20.3 Å². The number of methoxy groups -OCH3 is 2. The quantitative estimate of drug-likeness (QED) is 0.543. The molecule has 1 rings (SSSR count). The fourth-order valence-electron chi connectivity index (χ4n) is 1.53. The summed E-state index contributed by atoms with van der Waals surface area (Å²) < 4.78 is 11.5. The van der Waals surface area contributed by atoms with Crippen molar-refractivity contribution >= 4 is 5.97 Å². The zero-order chi connectivity index (χ0) is 12.0. The van der Waals surface area contributed by atoms with Gasteiger partial charge in [0.1, 0.15) is 11.5 Å². The number of carbonyl (C=O) groups is 1. The molecule has 0 radical (unpaired) electrons. The molecule has 1 aromatic heterocycles. The van der Waals surface area contributed by atoms with Crippen molar-refractivity contribution < 1.29 is 14.3 Å². The first kappa shape index (κ1) is 12.7. The lowest BCUT2D eigenvalue weighted by Crippen LogP contribution is -2.12. The zero-order valence-corrected chi connectivity index (χ0v) is 10.0. The van der Waals surface area contributed by atoms with Crippen LogP contribution in [-0.4, -0.2) is 36.3 Å². The summed E-state index contributed by atoms with van der Waals surface area (Å²) in [5.41, 5.74) is 0.511. The Kier molecular flexibility index (Phi) is 4.98. The smallest absolute Gasteiger partial charge is 0.356 e. The fourth-order valence-corrected chi connectivity index (χ4v) is 1.53. The molecule has 0 saturated carbocycles. The highest BCUT2D eigenvalue weighted by Gasteiger charge is 2.14. The van der Waals surface area contributed by atoms with Crippen LogP contribution in [0.5, 0.6) is 0 Å². The van der Waals surface area contributed by atoms with E-state index in [2.05, 4.69) is 4.98 Å². The molecule has 0 unspecified atom stereocenters. The van der Waals surface area contributed by atoms with E-state index in [0.717, 1.165) is 31.8 Å². The minimum Gasteiger partial charge on any atom is -0.464 e. The molecule has 5 nitrogen and oxygen atoms in total. The first-order valence-corrected chi connectivity index (χ1v) is 5.30. The Bertz CT molecular complexity index is 347. The van der Waals surface area contributed by atoms with Crippen molar-refractivity contribution in [1.82, 2.24) is 9.55 Å². The first-order chi connectivity index (χ1) is 7.70. The van der Waals surface area contributed by atoms with Crippen molar-refractivity contribution in [2.45, 2.75) is 26.3 Å². The van der Waals surface area contributed by atoms with E-state index in [-0.39, 0.29) is 5.97 Å². The average molecular weight is 226 g/mol. The van der Waals surface area contributed by atoms with Crippen LogP contribution >= 0.6 is 0 Å². The number of hydrogen-bond donors (Lipinski definition) is 0. The molecule has 0 bridgehead atoms. The number of esters is 1. The molecule has 5 heteroatoms. The summed E-state index contributed by atoms with van der Waals surface area (Å²) in [5, 5.41) is 0. The molecule has 0 aliphatic carbocycles. The Labute approximate surface area is 95.4 Å². The second-order valence-electron chi connectivity index (χ2n) is 3.53. The van der Waals surface area contributed by atoms with Gasteiger partial charge in [0.25, 0.3) is 0 Å². The van der Waals surface area contributed by atoms with Crippen molar-refractivity contribution in [2.24, 2.45) is 0 Å². The molecular weight excluding hydrogens is 208 g/mol. The number of imidazole rings is 1. The van der Waals surface area contributed by atoms with Crippen LogP contribution in [0.25, 0.3) is 0 Å². The van der Waals surface area contributed by atoms with Gasteiger partial charge >= 0.3 is 5.97 Å². The van der Waals surface area contributed by atoms with E-state index < -0.39 is 0 Å². The summed E-state index contributed by atoms with van der Waals surface area (Å²) in [6, 6.07) is 0. The molecule has 0 fully saturated rings. The predicted octanol–water partition coefficient (Wildman–Crippen LogP) is 1.40. The fraction of sp³-hybridized carbons (Fsp3) is 0.636. The third kappa shape index (κ3) is 3.06. The van der Waals surface area contributed by atoms with E-state index in [1.807, 2.05) is 11.5 Å². The highest BCUT2D eigenvalue weighted by molar-refractivity contribution is 5.87. The van der Waals surface area contributed by atoms with Gasteiger partial charge in [-0.15, -0.1) is 0 Å². The van der Waals surface area contributed by atoms with E-state index in [4.69, 9.17) is 9.47 Å². The van der Waals surface area contributed by atoms with E-state index in [9.17, 15) is 4.79 Å². The Morgan fingerprint density at radius 3 is 2.81 bits per heavy atom. The van der Waals surface area contributed by atoms with E-state index in [1.165, 1.54) is 7.11 Å². The molecule has 0 spiro atoms. The Morgan fingerprint density at radius 1 is 1.44 bits per heavy atom. The second kappa shape index (κ2) is 6.27. The van der Waals surface area contributed by atoms with Crippen LogP contribution in [0.3, 0.4) is 0 Å². The number of aryl methyl sites for hydroxylation is 1. The first-order valence-electron chi connectivity index (χ1n) is 5.30. The maximum Gasteiger partial charge on any atom is 0.356 e. The second-order valence-corrected chi connectivity index (χ2v) is 3.53. The van der Waals surface area contributed by atoms with Crippen molar-refractivity contribution in [2.75, 3.05) is 20.8 Å². The maximum atomic E-state index is 11.4. The highest BCUT2D eigenvalue weighted by Crippen LogP contribution is 2.08. The Hall–Kier alpha value is -1.36. The van der Waals surface area contributed by atoms with Crippen LogP contribution in [-0.2, 0) is 16.0 Å². The summed E-state index contributed by atoms with van der Waals surface area (Å²) in [5.74, 6) is 0.491. The summed E-state index contributed by atoms with van der Waals surface area (Å²) in [6.07, 6.45) is 3.47. The van der Waals surface area contributed by atoms with Crippen molar-refractivity contribution in [3.8, 4) is 0 Å². The van der Waals surface area contributed by atoms with Crippen molar-refractivity contribution in [3.63, 3.8) is 0 Å². The molecule has 90 valence electrons. The summed E-state index contributed by atoms with van der Waals surface area (Å²) in [6.45, 7) is 3.38. The summed E-state index contributed by atoms with van der Waals surface area (Å²) in [4.78, 5) is 15.5. The van der Waals surface area contributed by atoms with E-state index >= 15 is 0 Å². The van der Waals surface area contributed by atoms with Crippen molar-refractivity contribution in [1.29, 1.82) is 0 Å². The van der Waals surface area contributed by atoms with Crippen LogP contribution in [0.2, 0.25) is 0 Å². The molecule has 0 atom stereocenters. The lowest BCUT2D eigenvalue weighted by atomic mass is 10.3. The van der Waals surface area contributed by atoms with Gasteiger partial charge in [0.15, 0.2) is 0 Å².